The number of pyridine rings is 1. The highest BCUT2D eigenvalue weighted by atomic mass is 16.3. The van der Waals surface area contributed by atoms with Crippen molar-refractivity contribution in [1.82, 2.24) is 4.98 Å². The van der Waals surface area contributed by atoms with Crippen molar-refractivity contribution in [3.8, 4) is 5.75 Å². The Hall–Kier alpha value is -1.77. The number of H-pyrrole nitrogens is 1. The first-order chi connectivity index (χ1) is 7.20. The zero-order chi connectivity index (χ0) is 11.4. The predicted octanol–water partition coefficient (Wildman–Crippen LogP) is 2.57. The number of hydrogen-bond acceptors (Lipinski definition) is 2. The molecule has 0 aliphatic rings. The molecule has 15 heavy (non-hydrogen) atoms. The highest BCUT2D eigenvalue weighted by molar-refractivity contribution is 5.85. The summed E-state index contributed by atoms with van der Waals surface area (Å²) in [6, 6.07) is 7.16. The Kier molecular flexibility index (Phi) is 3.50. The minimum absolute atomic E-state index is 0.0688. The lowest BCUT2D eigenvalue weighted by Gasteiger charge is -2.02. The van der Waals surface area contributed by atoms with Crippen molar-refractivity contribution in [2.45, 2.75) is 20.8 Å². The molecule has 0 aliphatic carbocycles. The van der Waals surface area contributed by atoms with Gasteiger partial charge in [-0.25, -0.2) is 0 Å². The zero-order valence-electron chi connectivity index (χ0n) is 9.16. The van der Waals surface area contributed by atoms with E-state index in [1.54, 1.807) is 19.1 Å². The van der Waals surface area contributed by atoms with Gasteiger partial charge >= 0.3 is 0 Å². The summed E-state index contributed by atoms with van der Waals surface area (Å²) in [6.07, 6.45) is 0. The van der Waals surface area contributed by atoms with E-state index in [1.165, 1.54) is 0 Å². The number of aromatic nitrogens is 1. The molecule has 0 unspecified atom stereocenters. The summed E-state index contributed by atoms with van der Waals surface area (Å²) in [5.74, 6) is 0.0688. The maximum atomic E-state index is 11.2. The topological polar surface area (TPSA) is 53.1 Å². The molecular formula is C12H15NO2. The summed E-state index contributed by atoms with van der Waals surface area (Å²) >= 11 is 0. The summed E-state index contributed by atoms with van der Waals surface area (Å²) in [7, 11) is 0. The van der Waals surface area contributed by atoms with Crippen molar-refractivity contribution in [2.24, 2.45) is 0 Å². The van der Waals surface area contributed by atoms with Crippen LogP contribution in [0, 0.1) is 6.92 Å². The van der Waals surface area contributed by atoms with Gasteiger partial charge in [0, 0.05) is 5.39 Å². The highest BCUT2D eigenvalue weighted by Gasteiger charge is 2.05. The SMILES string of the molecule is CC.Cc1c(O)c2ccccc2[nH]c1=O. The second-order valence-electron chi connectivity index (χ2n) is 2.97. The maximum Gasteiger partial charge on any atom is 0.255 e. The quantitative estimate of drug-likeness (QED) is 0.694. The van der Waals surface area contributed by atoms with Crippen LogP contribution >= 0.6 is 0 Å². The van der Waals surface area contributed by atoms with E-state index in [0.29, 0.717) is 16.5 Å². The fourth-order valence-corrected chi connectivity index (χ4v) is 1.32. The Labute approximate surface area is 88.4 Å². The molecule has 0 bridgehead atoms. The number of aromatic amines is 1. The second-order valence-corrected chi connectivity index (χ2v) is 2.97. The Morgan fingerprint density at radius 2 is 1.80 bits per heavy atom. The van der Waals surface area contributed by atoms with Crippen molar-refractivity contribution in [3.63, 3.8) is 0 Å². The molecule has 0 amide bonds. The minimum Gasteiger partial charge on any atom is -0.507 e. The lowest BCUT2D eigenvalue weighted by molar-refractivity contribution is 0.476. The first-order valence-electron chi connectivity index (χ1n) is 5.01. The third-order valence-corrected chi connectivity index (χ3v) is 2.13. The van der Waals surface area contributed by atoms with Gasteiger partial charge in [-0.3, -0.25) is 4.79 Å². The maximum absolute atomic E-state index is 11.2. The second kappa shape index (κ2) is 4.64. The van der Waals surface area contributed by atoms with E-state index in [1.807, 2.05) is 26.0 Å². The highest BCUT2D eigenvalue weighted by Crippen LogP contribution is 2.23. The molecule has 2 aromatic rings. The fraction of sp³-hybridized carbons (Fsp3) is 0.250. The fourth-order valence-electron chi connectivity index (χ4n) is 1.32. The normalized spacial score (nSPS) is 9.53. The van der Waals surface area contributed by atoms with Crippen LogP contribution in [0.5, 0.6) is 5.75 Å². The van der Waals surface area contributed by atoms with Crippen LogP contribution in [-0.4, -0.2) is 10.1 Å². The van der Waals surface area contributed by atoms with Gasteiger partial charge in [0.15, 0.2) is 0 Å². The molecule has 0 radical (unpaired) electrons. The molecule has 1 aromatic carbocycles. The van der Waals surface area contributed by atoms with E-state index in [2.05, 4.69) is 4.98 Å². The third kappa shape index (κ3) is 2.01. The van der Waals surface area contributed by atoms with E-state index in [-0.39, 0.29) is 11.3 Å². The van der Waals surface area contributed by atoms with E-state index >= 15 is 0 Å². The van der Waals surface area contributed by atoms with E-state index in [9.17, 15) is 9.90 Å². The molecule has 80 valence electrons. The van der Waals surface area contributed by atoms with Crippen LogP contribution in [0.25, 0.3) is 10.9 Å². The molecule has 3 nitrogen and oxygen atoms in total. The van der Waals surface area contributed by atoms with Gasteiger partial charge in [0.05, 0.1) is 11.1 Å². The lowest BCUT2D eigenvalue weighted by Crippen LogP contribution is -2.08. The number of para-hydroxylation sites is 1. The first kappa shape index (κ1) is 11.3. The Morgan fingerprint density at radius 3 is 2.47 bits per heavy atom. The minimum atomic E-state index is -0.240. The average Bonchev–Trinajstić information content (AvgIpc) is 2.29. The molecule has 0 fully saturated rings. The molecule has 3 heteroatoms. The smallest absolute Gasteiger partial charge is 0.255 e. The third-order valence-electron chi connectivity index (χ3n) is 2.13. The van der Waals surface area contributed by atoms with Crippen LogP contribution in [0.2, 0.25) is 0 Å². The molecule has 0 saturated heterocycles. The summed E-state index contributed by atoms with van der Waals surface area (Å²) < 4.78 is 0. The number of hydrogen-bond donors (Lipinski definition) is 2. The van der Waals surface area contributed by atoms with Crippen LogP contribution in [0.1, 0.15) is 19.4 Å². The van der Waals surface area contributed by atoms with E-state index in [0.717, 1.165) is 0 Å². The molecule has 1 heterocycles. The molecule has 1 aromatic heterocycles. The largest absolute Gasteiger partial charge is 0.507 e. The molecule has 2 N–H and O–H groups in total. The zero-order valence-corrected chi connectivity index (χ0v) is 9.16. The molecule has 0 saturated carbocycles. The number of aromatic hydroxyl groups is 1. The van der Waals surface area contributed by atoms with Gasteiger partial charge in [0.25, 0.3) is 5.56 Å². The Balaban J connectivity index is 0.000000531. The summed E-state index contributed by atoms with van der Waals surface area (Å²) in [4.78, 5) is 13.9. The van der Waals surface area contributed by atoms with Gasteiger partial charge in [-0.05, 0) is 19.1 Å². The van der Waals surface area contributed by atoms with Crippen LogP contribution in [0.3, 0.4) is 0 Å². The van der Waals surface area contributed by atoms with Crippen LogP contribution < -0.4 is 5.56 Å². The van der Waals surface area contributed by atoms with Gasteiger partial charge in [-0.1, -0.05) is 26.0 Å². The standard InChI is InChI=1S/C10H9NO2.C2H6/c1-6-9(12)7-4-2-3-5-8(7)11-10(6)13;1-2/h2-5H,1H3,(H2,11,12,13);1-2H3. The van der Waals surface area contributed by atoms with Crippen LogP contribution in [0.4, 0.5) is 0 Å². The predicted molar refractivity (Wildman–Crippen MR) is 62.3 cm³/mol. The van der Waals surface area contributed by atoms with E-state index < -0.39 is 0 Å². The molecule has 2 rings (SSSR count). The number of benzene rings is 1. The molecule has 0 atom stereocenters. The van der Waals surface area contributed by atoms with Crippen LogP contribution in [0.15, 0.2) is 29.1 Å². The number of rotatable bonds is 0. The van der Waals surface area contributed by atoms with Gasteiger partial charge in [-0.2, -0.15) is 0 Å². The molecular weight excluding hydrogens is 190 g/mol. The summed E-state index contributed by atoms with van der Waals surface area (Å²) in [5, 5.41) is 10.3. The monoisotopic (exact) mass is 205 g/mol. The number of nitrogens with one attached hydrogen (secondary N) is 1. The van der Waals surface area contributed by atoms with Crippen molar-refractivity contribution >= 4 is 10.9 Å². The Morgan fingerprint density at radius 1 is 1.20 bits per heavy atom. The molecule has 0 aliphatic heterocycles. The van der Waals surface area contributed by atoms with Crippen LogP contribution in [-0.2, 0) is 0 Å². The van der Waals surface area contributed by atoms with E-state index in [4.69, 9.17) is 0 Å². The summed E-state index contributed by atoms with van der Waals surface area (Å²) in [5.41, 5.74) is 0.783. The van der Waals surface area contributed by atoms with Gasteiger partial charge in [0.2, 0.25) is 0 Å². The Bertz CT molecular complexity index is 515. The van der Waals surface area contributed by atoms with Crippen molar-refractivity contribution in [1.29, 1.82) is 0 Å². The average molecular weight is 205 g/mol. The number of fused-ring (bicyclic) bond motifs is 1. The van der Waals surface area contributed by atoms with Gasteiger partial charge in [0.1, 0.15) is 5.75 Å². The van der Waals surface area contributed by atoms with Gasteiger partial charge < -0.3 is 10.1 Å². The first-order valence-corrected chi connectivity index (χ1v) is 5.01. The van der Waals surface area contributed by atoms with Gasteiger partial charge in [-0.15, -0.1) is 0 Å². The van der Waals surface area contributed by atoms with Crippen molar-refractivity contribution < 1.29 is 5.11 Å². The summed E-state index contributed by atoms with van der Waals surface area (Å²) in [6.45, 7) is 5.60. The van der Waals surface area contributed by atoms with Crippen molar-refractivity contribution in [3.05, 3.63) is 40.2 Å². The lowest BCUT2D eigenvalue weighted by atomic mass is 10.1. The molecule has 0 spiro atoms. The van der Waals surface area contributed by atoms with Crippen molar-refractivity contribution in [2.75, 3.05) is 0 Å².